The normalized spacial score (nSPS) is 16.7. The molecule has 0 aliphatic heterocycles. The molecule has 0 unspecified atom stereocenters. The van der Waals surface area contributed by atoms with Crippen LogP contribution in [0.5, 0.6) is 0 Å². The number of fused-ring (bicyclic) bond motifs is 1. The summed E-state index contributed by atoms with van der Waals surface area (Å²) in [5.41, 5.74) is 0.595. The first kappa shape index (κ1) is 15.3. The summed E-state index contributed by atoms with van der Waals surface area (Å²) in [6.07, 6.45) is 4.70. The van der Waals surface area contributed by atoms with E-state index in [1.807, 2.05) is 29.8 Å². The summed E-state index contributed by atoms with van der Waals surface area (Å²) in [5.74, 6) is 0.643. The van der Waals surface area contributed by atoms with Crippen molar-refractivity contribution in [2.45, 2.75) is 49.1 Å². The smallest absolute Gasteiger partial charge is 0.258 e. The number of hydrogen-bond acceptors (Lipinski definition) is 6. The van der Waals surface area contributed by atoms with Crippen LogP contribution in [0.2, 0.25) is 0 Å². The summed E-state index contributed by atoms with van der Waals surface area (Å²) < 4.78 is 1.92. The van der Waals surface area contributed by atoms with Crippen LogP contribution in [0, 0.1) is 0 Å². The van der Waals surface area contributed by atoms with Gasteiger partial charge in [0.25, 0.3) is 5.56 Å². The zero-order chi connectivity index (χ0) is 16.5. The lowest BCUT2D eigenvalue weighted by molar-refractivity contribution is 0.422. The van der Waals surface area contributed by atoms with Gasteiger partial charge in [-0.05, 0) is 42.3 Å². The number of nitrogens with zero attached hydrogens (tertiary/aromatic N) is 5. The van der Waals surface area contributed by atoms with Gasteiger partial charge in [-0.25, -0.2) is 9.67 Å². The Morgan fingerprint density at radius 2 is 2.08 bits per heavy atom. The average molecular weight is 342 g/mol. The molecule has 8 heteroatoms. The average Bonchev–Trinajstić information content (AvgIpc) is 3.25. The Hall–Kier alpha value is -2.22. The van der Waals surface area contributed by atoms with Crippen molar-refractivity contribution in [3.63, 3.8) is 0 Å². The van der Waals surface area contributed by atoms with Crippen LogP contribution in [0.4, 0.5) is 0 Å². The first-order valence-electron chi connectivity index (χ1n) is 8.16. The number of benzene rings is 1. The van der Waals surface area contributed by atoms with E-state index in [0.717, 1.165) is 18.0 Å². The SMILES string of the molecule is C[C@@H](Sc1nnnn1C1CCCC1)c1nc2ccccc2c(=O)[nH]1. The lowest BCUT2D eigenvalue weighted by Gasteiger charge is -2.14. The number of aromatic nitrogens is 6. The van der Waals surface area contributed by atoms with Gasteiger partial charge in [-0.2, -0.15) is 0 Å². The van der Waals surface area contributed by atoms with Crippen LogP contribution in [0.25, 0.3) is 10.9 Å². The molecule has 1 saturated carbocycles. The minimum Gasteiger partial charge on any atom is -0.309 e. The number of rotatable bonds is 4. The summed E-state index contributed by atoms with van der Waals surface area (Å²) >= 11 is 1.53. The first-order chi connectivity index (χ1) is 11.7. The van der Waals surface area contributed by atoms with Crippen molar-refractivity contribution in [2.75, 3.05) is 0 Å². The second-order valence-electron chi connectivity index (χ2n) is 6.07. The molecule has 1 fully saturated rings. The Morgan fingerprint density at radius 3 is 2.92 bits per heavy atom. The topological polar surface area (TPSA) is 89.3 Å². The van der Waals surface area contributed by atoms with Crippen LogP contribution in [0.1, 0.15) is 49.7 Å². The first-order valence-corrected chi connectivity index (χ1v) is 9.04. The van der Waals surface area contributed by atoms with Gasteiger partial charge in [0.2, 0.25) is 5.16 Å². The Labute approximate surface area is 142 Å². The van der Waals surface area contributed by atoms with Crippen molar-refractivity contribution in [2.24, 2.45) is 0 Å². The predicted octanol–water partition coefficient (Wildman–Crippen LogP) is 2.88. The maximum atomic E-state index is 12.2. The highest BCUT2D eigenvalue weighted by molar-refractivity contribution is 7.99. The van der Waals surface area contributed by atoms with E-state index in [0.29, 0.717) is 22.8 Å². The van der Waals surface area contributed by atoms with E-state index in [9.17, 15) is 4.79 Å². The molecule has 7 nitrogen and oxygen atoms in total. The fraction of sp³-hybridized carbons (Fsp3) is 0.438. The maximum absolute atomic E-state index is 12.2. The molecule has 2 heterocycles. The van der Waals surface area contributed by atoms with Crippen molar-refractivity contribution >= 4 is 22.7 Å². The molecule has 0 amide bonds. The minimum atomic E-state index is -0.113. The van der Waals surface area contributed by atoms with E-state index < -0.39 is 0 Å². The lowest BCUT2D eigenvalue weighted by Crippen LogP contribution is -2.13. The third-order valence-electron chi connectivity index (χ3n) is 4.43. The molecule has 0 bridgehead atoms. The number of tetrazole rings is 1. The van der Waals surface area contributed by atoms with Gasteiger partial charge in [0, 0.05) is 0 Å². The van der Waals surface area contributed by atoms with E-state index in [-0.39, 0.29) is 10.8 Å². The predicted molar refractivity (Wildman–Crippen MR) is 92.0 cm³/mol. The fourth-order valence-electron chi connectivity index (χ4n) is 3.15. The molecule has 1 aliphatic carbocycles. The van der Waals surface area contributed by atoms with E-state index >= 15 is 0 Å². The van der Waals surface area contributed by atoms with E-state index in [1.54, 1.807) is 6.07 Å². The second-order valence-corrected chi connectivity index (χ2v) is 7.38. The van der Waals surface area contributed by atoms with Crippen LogP contribution >= 0.6 is 11.8 Å². The van der Waals surface area contributed by atoms with Gasteiger partial charge >= 0.3 is 0 Å². The summed E-state index contributed by atoms with van der Waals surface area (Å²) in [7, 11) is 0. The summed E-state index contributed by atoms with van der Waals surface area (Å²) in [4.78, 5) is 19.7. The number of H-pyrrole nitrogens is 1. The van der Waals surface area contributed by atoms with Gasteiger partial charge in [-0.3, -0.25) is 4.79 Å². The molecule has 3 aromatic rings. The van der Waals surface area contributed by atoms with Crippen molar-refractivity contribution in [1.29, 1.82) is 0 Å². The fourth-order valence-corrected chi connectivity index (χ4v) is 4.07. The molecule has 1 N–H and O–H groups in total. The van der Waals surface area contributed by atoms with Gasteiger partial charge in [-0.1, -0.05) is 36.7 Å². The standard InChI is InChI=1S/C16H18N6OS/c1-10(14-17-13-9-5-4-8-12(13)15(23)18-14)24-16-19-20-21-22(16)11-6-2-3-7-11/h4-5,8-11H,2-3,6-7H2,1H3,(H,17,18,23)/t10-/m1/s1. The van der Waals surface area contributed by atoms with E-state index in [4.69, 9.17) is 0 Å². The quantitative estimate of drug-likeness (QED) is 0.733. The number of hydrogen-bond donors (Lipinski definition) is 1. The van der Waals surface area contributed by atoms with Gasteiger partial charge in [0.15, 0.2) is 0 Å². The molecular weight excluding hydrogens is 324 g/mol. The van der Waals surface area contributed by atoms with E-state index in [1.165, 1.54) is 24.6 Å². The Kier molecular flexibility index (Phi) is 4.05. The number of aromatic amines is 1. The Bertz CT molecular complexity index is 914. The highest BCUT2D eigenvalue weighted by Gasteiger charge is 2.23. The van der Waals surface area contributed by atoms with Crippen LogP contribution in [0.15, 0.2) is 34.2 Å². The van der Waals surface area contributed by atoms with Crippen molar-refractivity contribution in [3.8, 4) is 0 Å². The lowest BCUT2D eigenvalue weighted by atomic mass is 10.2. The summed E-state index contributed by atoms with van der Waals surface area (Å²) in [6, 6.07) is 7.75. The third kappa shape index (κ3) is 2.82. The largest absolute Gasteiger partial charge is 0.309 e. The molecule has 1 atom stereocenters. The molecule has 0 radical (unpaired) electrons. The van der Waals surface area contributed by atoms with Gasteiger partial charge in [0.1, 0.15) is 5.82 Å². The molecule has 2 aromatic heterocycles. The Morgan fingerprint density at radius 1 is 1.29 bits per heavy atom. The van der Waals surface area contributed by atoms with Gasteiger partial charge in [-0.15, -0.1) is 5.10 Å². The number of para-hydroxylation sites is 1. The Balaban J connectivity index is 1.62. The molecule has 24 heavy (non-hydrogen) atoms. The highest BCUT2D eigenvalue weighted by atomic mass is 32.2. The molecule has 1 aliphatic rings. The molecule has 0 spiro atoms. The summed E-state index contributed by atoms with van der Waals surface area (Å²) in [6.45, 7) is 2.01. The highest BCUT2D eigenvalue weighted by Crippen LogP contribution is 2.36. The van der Waals surface area contributed by atoms with E-state index in [2.05, 4.69) is 25.5 Å². The van der Waals surface area contributed by atoms with Gasteiger partial charge < -0.3 is 4.98 Å². The second kappa shape index (κ2) is 6.35. The number of nitrogens with one attached hydrogen (secondary N) is 1. The van der Waals surface area contributed by atoms with Crippen LogP contribution in [-0.4, -0.2) is 30.2 Å². The maximum Gasteiger partial charge on any atom is 0.258 e. The molecule has 0 saturated heterocycles. The van der Waals surface area contributed by atoms with Crippen LogP contribution in [-0.2, 0) is 0 Å². The van der Waals surface area contributed by atoms with Crippen LogP contribution < -0.4 is 5.56 Å². The monoisotopic (exact) mass is 342 g/mol. The molecule has 1 aromatic carbocycles. The van der Waals surface area contributed by atoms with Crippen LogP contribution in [0.3, 0.4) is 0 Å². The van der Waals surface area contributed by atoms with Crippen molar-refractivity contribution in [1.82, 2.24) is 30.2 Å². The summed E-state index contributed by atoms with van der Waals surface area (Å²) in [5, 5.41) is 13.5. The number of thioether (sulfide) groups is 1. The molecule has 4 rings (SSSR count). The van der Waals surface area contributed by atoms with Crippen molar-refractivity contribution < 1.29 is 0 Å². The zero-order valence-corrected chi connectivity index (χ0v) is 14.2. The molecule has 124 valence electrons. The van der Waals surface area contributed by atoms with Crippen molar-refractivity contribution in [3.05, 3.63) is 40.4 Å². The minimum absolute atomic E-state index is 0.0477. The molecular formula is C16H18N6OS. The van der Waals surface area contributed by atoms with Gasteiger partial charge in [0.05, 0.1) is 22.2 Å². The third-order valence-corrected chi connectivity index (χ3v) is 5.49. The zero-order valence-electron chi connectivity index (χ0n) is 13.3.